The van der Waals surface area contributed by atoms with Crippen molar-refractivity contribution < 1.29 is 4.74 Å². The van der Waals surface area contributed by atoms with Crippen LogP contribution in [0.3, 0.4) is 0 Å². The van der Waals surface area contributed by atoms with E-state index in [1.54, 1.807) is 7.05 Å². The molecular formula is C10H13N7O2S. The molecule has 2 heterocycles. The number of aromatic nitrogens is 5. The average Bonchev–Trinajstić information content (AvgIpc) is 2.37. The van der Waals surface area contributed by atoms with Crippen LogP contribution in [0.25, 0.3) is 0 Å². The van der Waals surface area contributed by atoms with Crippen LogP contribution in [0.15, 0.2) is 21.2 Å². The molecular weight excluding hydrogens is 282 g/mol. The molecule has 0 bridgehead atoms. The van der Waals surface area contributed by atoms with E-state index in [-0.39, 0.29) is 17.4 Å². The van der Waals surface area contributed by atoms with Gasteiger partial charge in [0.2, 0.25) is 11.1 Å². The van der Waals surface area contributed by atoms with Gasteiger partial charge in [-0.1, -0.05) is 0 Å². The molecule has 0 atom stereocenters. The van der Waals surface area contributed by atoms with Gasteiger partial charge in [0.25, 0.3) is 5.56 Å². The second-order valence-electron chi connectivity index (χ2n) is 3.48. The highest BCUT2D eigenvalue weighted by Crippen LogP contribution is 2.22. The van der Waals surface area contributed by atoms with Crippen LogP contribution in [-0.2, 0) is 0 Å². The van der Waals surface area contributed by atoms with Crippen LogP contribution in [0.2, 0.25) is 0 Å². The maximum absolute atomic E-state index is 11.3. The third-order valence-corrected chi connectivity index (χ3v) is 2.77. The summed E-state index contributed by atoms with van der Waals surface area (Å²) in [4.78, 5) is 30.1. The van der Waals surface area contributed by atoms with E-state index in [1.807, 2.05) is 6.92 Å². The molecule has 0 saturated heterocycles. The maximum atomic E-state index is 11.3. The lowest BCUT2D eigenvalue weighted by molar-refractivity contribution is 0.308. The number of nitrogen functional groups attached to an aromatic ring is 1. The van der Waals surface area contributed by atoms with Crippen LogP contribution in [0.5, 0.6) is 6.01 Å². The van der Waals surface area contributed by atoms with Crippen molar-refractivity contribution in [3.63, 3.8) is 0 Å². The van der Waals surface area contributed by atoms with Crippen molar-refractivity contribution in [3.8, 4) is 6.01 Å². The van der Waals surface area contributed by atoms with Crippen LogP contribution in [0.1, 0.15) is 6.92 Å². The number of anilines is 2. The minimum absolute atomic E-state index is 0.129. The van der Waals surface area contributed by atoms with E-state index in [1.165, 1.54) is 6.07 Å². The van der Waals surface area contributed by atoms with E-state index in [2.05, 4.69) is 30.2 Å². The summed E-state index contributed by atoms with van der Waals surface area (Å²) in [6.07, 6.45) is 0. The van der Waals surface area contributed by atoms with E-state index in [0.717, 1.165) is 11.8 Å². The number of ether oxygens (including phenoxy) is 1. The molecule has 2 aromatic heterocycles. The van der Waals surface area contributed by atoms with Gasteiger partial charge in [-0.05, 0) is 18.7 Å². The van der Waals surface area contributed by atoms with E-state index < -0.39 is 0 Å². The summed E-state index contributed by atoms with van der Waals surface area (Å²) in [5.41, 5.74) is 5.17. The minimum Gasteiger partial charge on any atom is -0.464 e. The van der Waals surface area contributed by atoms with Crippen LogP contribution in [-0.4, -0.2) is 38.6 Å². The van der Waals surface area contributed by atoms with Crippen molar-refractivity contribution in [1.29, 1.82) is 0 Å². The maximum Gasteiger partial charge on any atom is 0.322 e. The molecule has 10 heteroatoms. The molecule has 0 aliphatic heterocycles. The van der Waals surface area contributed by atoms with Gasteiger partial charge in [-0.15, -0.1) is 0 Å². The molecule has 0 saturated carbocycles. The standard InChI is InChI=1S/C10H13N7O2S/c1-3-19-8-15-7(12-2)16-10(17-8)20-9-13-5(11)4-6(18)14-9/h4H,3H2,1-2H3,(H3,11,13,14,18)(H,12,15,16,17). The molecule has 0 radical (unpaired) electrons. The summed E-state index contributed by atoms with van der Waals surface area (Å²) < 4.78 is 5.24. The van der Waals surface area contributed by atoms with E-state index in [9.17, 15) is 4.79 Å². The van der Waals surface area contributed by atoms with Gasteiger partial charge in [0.05, 0.1) is 6.61 Å². The van der Waals surface area contributed by atoms with Gasteiger partial charge in [0.15, 0.2) is 5.16 Å². The Hall–Kier alpha value is -2.36. The molecule has 20 heavy (non-hydrogen) atoms. The van der Waals surface area contributed by atoms with Crippen molar-refractivity contribution >= 4 is 23.5 Å². The van der Waals surface area contributed by atoms with E-state index in [4.69, 9.17) is 10.5 Å². The topological polar surface area (TPSA) is 132 Å². The largest absolute Gasteiger partial charge is 0.464 e. The summed E-state index contributed by atoms with van der Waals surface area (Å²) in [6.45, 7) is 2.26. The fraction of sp³-hybridized carbons (Fsp3) is 0.300. The van der Waals surface area contributed by atoms with Crippen molar-refractivity contribution in [2.75, 3.05) is 24.7 Å². The quantitative estimate of drug-likeness (QED) is 0.658. The molecule has 0 fully saturated rings. The number of hydrogen-bond donors (Lipinski definition) is 3. The molecule has 0 aliphatic carbocycles. The summed E-state index contributed by atoms with van der Waals surface area (Å²) in [7, 11) is 1.68. The van der Waals surface area contributed by atoms with Crippen LogP contribution < -0.4 is 21.3 Å². The number of H-pyrrole nitrogens is 1. The first-order valence-corrected chi connectivity index (χ1v) is 6.53. The number of nitrogens with zero attached hydrogens (tertiary/aromatic N) is 4. The zero-order valence-corrected chi connectivity index (χ0v) is 11.7. The van der Waals surface area contributed by atoms with Gasteiger partial charge >= 0.3 is 6.01 Å². The van der Waals surface area contributed by atoms with Crippen molar-refractivity contribution in [2.45, 2.75) is 17.2 Å². The highest BCUT2D eigenvalue weighted by Gasteiger charge is 2.10. The molecule has 0 aromatic carbocycles. The fourth-order valence-electron chi connectivity index (χ4n) is 1.28. The Bertz CT molecular complexity index is 660. The Kier molecular flexibility index (Phi) is 4.35. The smallest absolute Gasteiger partial charge is 0.322 e. The number of hydrogen-bond acceptors (Lipinski definition) is 9. The van der Waals surface area contributed by atoms with Gasteiger partial charge in [-0.25, -0.2) is 4.98 Å². The van der Waals surface area contributed by atoms with Crippen molar-refractivity contribution in [2.24, 2.45) is 0 Å². The van der Waals surface area contributed by atoms with Crippen LogP contribution >= 0.6 is 11.8 Å². The Morgan fingerprint density at radius 3 is 2.85 bits per heavy atom. The summed E-state index contributed by atoms with van der Waals surface area (Å²) in [5.74, 6) is 0.487. The lowest BCUT2D eigenvalue weighted by Gasteiger charge is -2.06. The highest BCUT2D eigenvalue weighted by atomic mass is 32.2. The first kappa shape index (κ1) is 14.1. The van der Waals surface area contributed by atoms with Gasteiger partial charge in [-0.2, -0.15) is 15.0 Å². The Balaban J connectivity index is 2.31. The zero-order valence-electron chi connectivity index (χ0n) is 10.9. The van der Waals surface area contributed by atoms with Gasteiger partial charge in [-0.3, -0.25) is 4.79 Å². The Labute approximate surface area is 118 Å². The highest BCUT2D eigenvalue weighted by molar-refractivity contribution is 7.99. The third kappa shape index (κ3) is 3.57. The van der Waals surface area contributed by atoms with Crippen LogP contribution in [0.4, 0.5) is 11.8 Å². The van der Waals surface area contributed by atoms with E-state index >= 15 is 0 Å². The third-order valence-electron chi connectivity index (χ3n) is 2.02. The molecule has 0 unspecified atom stereocenters. The number of nitrogens with two attached hydrogens (primary N) is 1. The van der Waals surface area contributed by atoms with E-state index in [0.29, 0.717) is 22.9 Å². The number of aromatic amines is 1. The minimum atomic E-state index is -0.340. The Morgan fingerprint density at radius 1 is 1.40 bits per heavy atom. The molecule has 0 amide bonds. The first-order chi connectivity index (χ1) is 9.60. The lowest BCUT2D eigenvalue weighted by Crippen LogP contribution is -2.10. The summed E-state index contributed by atoms with van der Waals surface area (Å²) in [5, 5.41) is 3.43. The predicted octanol–water partition coefficient (Wildman–Crippen LogP) is 0.129. The predicted molar refractivity (Wildman–Crippen MR) is 73.9 cm³/mol. The zero-order chi connectivity index (χ0) is 14.5. The first-order valence-electron chi connectivity index (χ1n) is 5.72. The summed E-state index contributed by atoms with van der Waals surface area (Å²) >= 11 is 1.06. The second kappa shape index (κ2) is 6.19. The normalized spacial score (nSPS) is 10.3. The molecule has 0 aliphatic rings. The molecule has 0 spiro atoms. The van der Waals surface area contributed by atoms with Gasteiger partial charge in [0.1, 0.15) is 5.82 Å². The van der Waals surface area contributed by atoms with Gasteiger partial charge < -0.3 is 20.8 Å². The molecule has 9 nitrogen and oxygen atoms in total. The SMILES string of the molecule is CCOc1nc(NC)nc(Sc2nc(N)cc(=O)[nH]2)n1. The second-order valence-corrected chi connectivity index (χ2v) is 4.44. The number of nitrogens with one attached hydrogen (secondary N) is 2. The van der Waals surface area contributed by atoms with Crippen molar-refractivity contribution in [3.05, 3.63) is 16.4 Å². The van der Waals surface area contributed by atoms with Crippen LogP contribution in [0, 0.1) is 0 Å². The summed E-state index contributed by atoms with van der Waals surface area (Å²) in [6, 6.07) is 1.39. The average molecular weight is 295 g/mol. The molecule has 2 aromatic rings. The van der Waals surface area contributed by atoms with Gasteiger partial charge in [0, 0.05) is 13.1 Å². The fourth-order valence-corrected chi connectivity index (χ4v) is 2.01. The lowest BCUT2D eigenvalue weighted by atomic mass is 10.6. The number of rotatable bonds is 5. The monoisotopic (exact) mass is 295 g/mol. The molecule has 106 valence electrons. The molecule has 2 rings (SSSR count). The molecule has 4 N–H and O–H groups in total. The Morgan fingerprint density at radius 2 is 2.20 bits per heavy atom. The van der Waals surface area contributed by atoms with Crippen molar-refractivity contribution in [1.82, 2.24) is 24.9 Å².